The van der Waals surface area contributed by atoms with Crippen LogP contribution in [0.25, 0.3) is 11.0 Å². The summed E-state index contributed by atoms with van der Waals surface area (Å²) in [5.41, 5.74) is 1.65. The first kappa shape index (κ1) is 14.0. The summed E-state index contributed by atoms with van der Waals surface area (Å²) in [6, 6.07) is 12.9. The van der Waals surface area contributed by atoms with E-state index in [2.05, 4.69) is 4.98 Å². The van der Waals surface area contributed by atoms with Gasteiger partial charge in [0, 0.05) is 5.75 Å². The summed E-state index contributed by atoms with van der Waals surface area (Å²) in [4.78, 5) is 4.22. The lowest BCUT2D eigenvalue weighted by Crippen LogP contribution is -2.00. The van der Waals surface area contributed by atoms with Gasteiger partial charge in [-0.1, -0.05) is 36.0 Å². The Morgan fingerprint density at radius 1 is 1.10 bits per heavy atom. The van der Waals surface area contributed by atoms with Crippen LogP contribution in [0.2, 0.25) is 0 Å². The zero-order chi connectivity index (χ0) is 14.8. The van der Waals surface area contributed by atoms with Crippen LogP contribution in [0.4, 0.5) is 13.2 Å². The van der Waals surface area contributed by atoms with Gasteiger partial charge in [-0.2, -0.15) is 8.78 Å². The number of para-hydroxylation sites is 2. The Kier molecular flexibility index (Phi) is 3.88. The number of alkyl halides is 2. The summed E-state index contributed by atoms with van der Waals surface area (Å²) < 4.78 is 40.5. The van der Waals surface area contributed by atoms with E-state index in [-0.39, 0.29) is 11.0 Å². The molecule has 0 saturated heterocycles. The predicted octanol–water partition coefficient (Wildman–Crippen LogP) is 4.86. The minimum Gasteiger partial charge on any atom is -0.261 e. The summed E-state index contributed by atoms with van der Waals surface area (Å²) in [5.74, 6) is 0.0452. The summed E-state index contributed by atoms with van der Waals surface area (Å²) >= 11 is 1.17. The van der Waals surface area contributed by atoms with Crippen LogP contribution in [-0.4, -0.2) is 9.55 Å². The van der Waals surface area contributed by atoms with Gasteiger partial charge < -0.3 is 0 Å². The fraction of sp³-hybridized carbons (Fsp3) is 0.133. The van der Waals surface area contributed by atoms with E-state index in [1.54, 1.807) is 36.4 Å². The maximum Gasteiger partial charge on any atom is 0.321 e. The van der Waals surface area contributed by atoms with Crippen molar-refractivity contribution < 1.29 is 13.2 Å². The van der Waals surface area contributed by atoms with E-state index in [1.807, 2.05) is 0 Å². The number of hydrogen-bond acceptors (Lipinski definition) is 2. The molecule has 0 radical (unpaired) electrons. The van der Waals surface area contributed by atoms with Crippen LogP contribution >= 0.6 is 11.8 Å². The number of halogens is 3. The van der Waals surface area contributed by atoms with Crippen molar-refractivity contribution in [2.24, 2.45) is 0 Å². The number of benzene rings is 2. The number of imidazole rings is 1. The number of rotatable bonds is 4. The van der Waals surface area contributed by atoms with E-state index in [9.17, 15) is 13.2 Å². The van der Waals surface area contributed by atoms with Gasteiger partial charge in [0.2, 0.25) is 0 Å². The second-order valence-electron chi connectivity index (χ2n) is 4.45. The third-order valence-corrected chi connectivity index (χ3v) is 4.04. The molecular formula is C15H11F3N2S. The maximum absolute atomic E-state index is 13.2. The molecule has 0 fully saturated rings. The number of fused-ring (bicyclic) bond motifs is 1. The normalized spacial score (nSPS) is 11.4. The molecule has 3 aromatic rings. The summed E-state index contributed by atoms with van der Waals surface area (Å²) in [7, 11) is 0. The monoisotopic (exact) mass is 308 g/mol. The topological polar surface area (TPSA) is 17.8 Å². The number of aromatic nitrogens is 2. The molecule has 6 heteroatoms. The van der Waals surface area contributed by atoms with Crippen molar-refractivity contribution in [2.75, 3.05) is 0 Å². The Bertz CT molecular complexity index is 770. The van der Waals surface area contributed by atoms with Crippen LogP contribution in [0.1, 0.15) is 12.1 Å². The fourth-order valence-corrected chi connectivity index (χ4v) is 3.04. The first-order valence-corrected chi connectivity index (χ1v) is 7.26. The Morgan fingerprint density at radius 2 is 1.90 bits per heavy atom. The van der Waals surface area contributed by atoms with E-state index in [0.29, 0.717) is 16.8 Å². The molecule has 0 aliphatic rings. The molecule has 0 unspecified atom stereocenters. The van der Waals surface area contributed by atoms with E-state index in [4.69, 9.17) is 0 Å². The highest BCUT2D eigenvalue weighted by Crippen LogP contribution is 2.30. The molecule has 21 heavy (non-hydrogen) atoms. The molecule has 0 amide bonds. The van der Waals surface area contributed by atoms with E-state index >= 15 is 0 Å². The van der Waals surface area contributed by atoms with Gasteiger partial charge in [0.1, 0.15) is 5.82 Å². The highest BCUT2D eigenvalue weighted by molar-refractivity contribution is 7.98. The molecule has 3 rings (SSSR count). The van der Waals surface area contributed by atoms with Crippen LogP contribution in [0.3, 0.4) is 0 Å². The zero-order valence-electron chi connectivity index (χ0n) is 10.8. The van der Waals surface area contributed by atoms with Crippen LogP contribution < -0.4 is 0 Å². The average molecular weight is 308 g/mol. The van der Waals surface area contributed by atoms with Crippen molar-refractivity contribution in [3.8, 4) is 0 Å². The Morgan fingerprint density at radius 3 is 2.67 bits per heavy atom. The molecule has 2 nitrogen and oxygen atoms in total. The number of nitrogens with zero attached hydrogens (tertiary/aromatic N) is 2. The second kappa shape index (κ2) is 5.81. The molecule has 0 bridgehead atoms. The molecule has 0 N–H and O–H groups in total. The largest absolute Gasteiger partial charge is 0.321 e. The lowest BCUT2D eigenvalue weighted by molar-refractivity contribution is 0.0656. The van der Waals surface area contributed by atoms with Crippen LogP contribution in [0, 0.1) is 5.82 Å². The molecule has 1 heterocycles. The Labute approximate surface area is 123 Å². The van der Waals surface area contributed by atoms with Crippen molar-refractivity contribution in [1.82, 2.24) is 9.55 Å². The first-order valence-electron chi connectivity index (χ1n) is 6.27. The van der Waals surface area contributed by atoms with Crippen molar-refractivity contribution >= 4 is 22.8 Å². The van der Waals surface area contributed by atoms with Gasteiger partial charge in [0.15, 0.2) is 5.16 Å². The quantitative estimate of drug-likeness (QED) is 0.640. The standard InChI is InChI=1S/C15H11F3N2S/c16-11-5-3-4-10(8-11)9-21-15-19-12-6-1-2-7-13(12)20(15)14(17)18/h1-8,14H,9H2. The highest BCUT2D eigenvalue weighted by Gasteiger charge is 2.17. The fourth-order valence-electron chi connectivity index (χ4n) is 2.09. The minimum atomic E-state index is -2.66. The first-order chi connectivity index (χ1) is 10.1. The van der Waals surface area contributed by atoms with Gasteiger partial charge in [-0.15, -0.1) is 0 Å². The summed E-state index contributed by atoms with van der Waals surface area (Å²) in [6.07, 6.45) is 0. The summed E-state index contributed by atoms with van der Waals surface area (Å²) in [6.45, 7) is -2.66. The smallest absolute Gasteiger partial charge is 0.261 e. The molecule has 0 aliphatic carbocycles. The predicted molar refractivity (Wildman–Crippen MR) is 76.9 cm³/mol. The van der Waals surface area contributed by atoms with E-state index < -0.39 is 6.55 Å². The van der Waals surface area contributed by atoms with Crippen molar-refractivity contribution in [3.05, 3.63) is 59.9 Å². The van der Waals surface area contributed by atoms with Gasteiger partial charge >= 0.3 is 6.55 Å². The summed E-state index contributed by atoms with van der Waals surface area (Å²) in [5, 5.41) is 0.232. The van der Waals surface area contributed by atoms with E-state index in [0.717, 1.165) is 10.1 Å². The highest BCUT2D eigenvalue weighted by atomic mass is 32.2. The van der Waals surface area contributed by atoms with Gasteiger partial charge in [0.05, 0.1) is 11.0 Å². The minimum absolute atomic E-state index is 0.232. The van der Waals surface area contributed by atoms with Crippen molar-refractivity contribution in [1.29, 1.82) is 0 Å². The van der Waals surface area contributed by atoms with Crippen LogP contribution in [0.15, 0.2) is 53.7 Å². The van der Waals surface area contributed by atoms with Gasteiger partial charge in [-0.3, -0.25) is 4.57 Å². The molecule has 108 valence electrons. The average Bonchev–Trinajstić information content (AvgIpc) is 2.83. The lowest BCUT2D eigenvalue weighted by Gasteiger charge is -2.07. The number of hydrogen-bond donors (Lipinski definition) is 0. The van der Waals surface area contributed by atoms with Gasteiger partial charge in [-0.05, 0) is 29.8 Å². The lowest BCUT2D eigenvalue weighted by atomic mass is 10.2. The molecule has 2 aromatic carbocycles. The van der Waals surface area contributed by atoms with Crippen LogP contribution in [0.5, 0.6) is 0 Å². The molecule has 0 atom stereocenters. The van der Waals surface area contributed by atoms with Crippen molar-refractivity contribution in [3.63, 3.8) is 0 Å². The van der Waals surface area contributed by atoms with E-state index in [1.165, 1.54) is 23.9 Å². The maximum atomic E-state index is 13.2. The third kappa shape index (κ3) is 2.90. The molecule has 0 saturated carbocycles. The molecule has 1 aromatic heterocycles. The van der Waals surface area contributed by atoms with Crippen LogP contribution in [-0.2, 0) is 5.75 Å². The van der Waals surface area contributed by atoms with Gasteiger partial charge in [-0.25, -0.2) is 9.37 Å². The van der Waals surface area contributed by atoms with Gasteiger partial charge in [0.25, 0.3) is 0 Å². The SMILES string of the molecule is Fc1cccc(CSc2nc3ccccc3n2C(F)F)c1. The molecule has 0 aliphatic heterocycles. The zero-order valence-corrected chi connectivity index (χ0v) is 11.7. The molecule has 0 spiro atoms. The molecular weight excluding hydrogens is 297 g/mol. The Balaban J connectivity index is 1.91. The third-order valence-electron chi connectivity index (χ3n) is 3.02. The van der Waals surface area contributed by atoms with Crippen molar-refractivity contribution in [2.45, 2.75) is 17.5 Å². The number of thioether (sulfide) groups is 1. The Hall–Kier alpha value is -1.95. The second-order valence-corrected chi connectivity index (χ2v) is 5.39.